The number of rotatable bonds is 2. The van der Waals surface area contributed by atoms with Crippen LogP contribution in [0, 0.1) is 5.41 Å². The molecule has 2 N–H and O–H groups in total. The number of amides is 2. The van der Waals surface area contributed by atoms with E-state index >= 15 is 0 Å². The summed E-state index contributed by atoms with van der Waals surface area (Å²) in [6.45, 7) is 7.90. The number of nitrogens with zero attached hydrogens (tertiary/aromatic N) is 1. The summed E-state index contributed by atoms with van der Waals surface area (Å²) in [6.07, 6.45) is 0. The van der Waals surface area contributed by atoms with Gasteiger partial charge in [-0.1, -0.05) is 32.9 Å². The summed E-state index contributed by atoms with van der Waals surface area (Å²) in [4.78, 5) is 26.4. The Kier molecular flexibility index (Phi) is 3.94. The van der Waals surface area contributed by atoms with Gasteiger partial charge in [-0.25, -0.2) is 0 Å². The summed E-state index contributed by atoms with van der Waals surface area (Å²) in [6, 6.07) is 5.66. The molecule has 1 aromatic carbocycles. The third-order valence-electron chi connectivity index (χ3n) is 3.82. The Labute approximate surface area is 125 Å². The topological polar surface area (TPSA) is 69.6 Å². The number of aromatic hydroxyl groups is 1. The van der Waals surface area contributed by atoms with Crippen LogP contribution in [0.25, 0.3) is 0 Å². The zero-order valence-electron chi connectivity index (χ0n) is 12.9. The van der Waals surface area contributed by atoms with Crippen molar-refractivity contribution in [1.82, 2.24) is 10.2 Å². The van der Waals surface area contributed by atoms with E-state index in [0.717, 1.165) is 5.56 Å². The molecule has 2 rings (SSSR count). The van der Waals surface area contributed by atoms with Gasteiger partial charge in [0, 0.05) is 6.54 Å². The molecule has 114 valence electrons. The van der Waals surface area contributed by atoms with Crippen LogP contribution in [0.5, 0.6) is 5.75 Å². The molecule has 2 unspecified atom stereocenters. The molecule has 0 spiro atoms. The van der Waals surface area contributed by atoms with Crippen molar-refractivity contribution in [3.8, 4) is 5.75 Å². The van der Waals surface area contributed by atoms with Crippen molar-refractivity contribution in [3.63, 3.8) is 0 Å². The zero-order chi connectivity index (χ0) is 15.8. The number of nitrogens with one attached hydrogen (secondary N) is 1. The number of hydrogen-bond acceptors (Lipinski definition) is 3. The van der Waals surface area contributed by atoms with Crippen LogP contribution in [0.4, 0.5) is 0 Å². The van der Waals surface area contributed by atoms with Crippen molar-refractivity contribution in [2.45, 2.75) is 46.3 Å². The molecule has 1 aliphatic rings. The Morgan fingerprint density at radius 2 is 1.76 bits per heavy atom. The number of phenols is 1. The Hall–Kier alpha value is -2.04. The van der Waals surface area contributed by atoms with E-state index in [9.17, 15) is 14.7 Å². The number of piperazine rings is 1. The smallest absolute Gasteiger partial charge is 0.246 e. The summed E-state index contributed by atoms with van der Waals surface area (Å²) in [7, 11) is 0. The summed E-state index contributed by atoms with van der Waals surface area (Å²) in [5.41, 5.74) is 0.551. The highest BCUT2D eigenvalue weighted by Crippen LogP contribution is 2.26. The Balaban J connectivity index is 2.24. The molecule has 1 aliphatic heterocycles. The first kappa shape index (κ1) is 15.4. The second kappa shape index (κ2) is 5.39. The Morgan fingerprint density at radius 1 is 1.19 bits per heavy atom. The van der Waals surface area contributed by atoms with Crippen LogP contribution in [-0.4, -0.2) is 33.9 Å². The standard InChI is InChI=1S/C16H22N2O3/c1-10-14(20)17-13(16(2,3)4)15(21)18(10)9-11-5-7-12(19)8-6-11/h5-8,10,13,19H,9H2,1-4H3,(H,17,20). The summed E-state index contributed by atoms with van der Waals surface area (Å²) in [5.74, 6) is -0.0157. The van der Waals surface area contributed by atoms with Crippen LogP contribution in [0.3, 0.4) is 0 Å². The predicted molar refractivity (Wildman–Crippen MR) is 79.5 cm³/mol. The molecule has 1 fully saturated rings. The van der Waals surface area contributed by atoms with Crippen molar-refractivity contribution in [2.24, 2.45) is 5.41 Å². The van der Waals surface area contributed by atoms with Crippen LogP contribution in [0.1, 0.15) is 33.3 Å². The molecule has 2 atom stereocenters. The minimum Gasteiger partial charge on any atom is -0.508 e. The highest BCUT2D eigenvalue weighted by atomic mass is 16.3. The molecule has 0 aromatic heterocycles. The maximum Gasteiger partial charge on any atom is 0.246 e. The monoisotopic (exact) mass is 290 g/mol. The molecule has 21 heavy (non-hydrogen) atoms. The second-order valence-corrected chi connectivity index (χ2v) is 6.62. The van der Waals surface area contributed by atoms with E-state index in [-0.39, 0.29) is 23.0 Å². The van der Waals surface area contributed by atoms with Gasteiger partial charge in [0.15, 0.2) is 0 Å². The van der Waals surface area contributed by atoms with Gasteiger partial charge in [0.25, 0.3) is 0 Å². The molecule has 5 nitrogen and oxygen atoms in total. The van der Waals surface area contributed by atoms with Gasteiger partial charge in [0.05, 0.1) is 0 Å². The molecule has 2 amide bonds. The van der Waals surface area contributed by atoms with Gasteiger partial charge in [0.1, 0.15) is 17.8 Å². The summed E-state index contributed by atoms with van der Waals surface area (Å²) >= 11 is 0. The van der Waals surface area contributed by atoms with Gasteiger partial charge in [0.2, 0.25) is 11.8 Å². The fraction of sp³-hybridized carbons (Fsp3) is 0.500. The Morgan fingerprint density at radius 3 is 2.29 bits per heavy atom. The van der Waals surface area contributed by atoms with Gasteiger partial charge in [-0.15, -0.1) is 0 Å². The molecular weight excluding hydrogens is 268 g/mol. The zero-order valence-corrected chi connectivity index (χ0v) is 12.9. The molecule has 0 bridgehead atoms. The predicted octanol–water partition coefficient (Wildman–Crippen LogP) is 1.65. The third kappa shape index (κ3) is 3.17. The van der Waals surface area contributed by atoms with Gasteiger partial charge >= 0.3 is 0 Å². The van der Waals surface area contributed by atoms with Crippen molar-refractivity contribution in [2.75, 3.05) is 0 Å². The van der Waals surface area contributed by atoms with Crippen LogP contribution in [-0.2, 0) is 16.1 Å². The molecule has 0 saturated carbocycles. The molecule has 1 aromatic rings. The highest BCUT2D eigenvalue weighted by molar-refractivity contribution is 5.97. The normalized spacial score (nSPS) is 23.1. The van der Waals surface area contributed by atoms with Crippen LogP contribution in [0.15, 0.2) is 24.3 Å². The maximum absolute atomic E-state index is 12.7. The lowest BCUT2D eigenvalue weighted by atomic mass is 9.84. The van der Waals surface area contributed by atoms with Crippen molar-refractivity contribution >= 4 is 11.8 Å². The van der Waals surface area contributed by atoms with Gasteiger partial charge in [-0.05, 0) is 30.0 Å². The van der Waals surface area contributed by atoms with Crippen molar-refractivity contribution in [1.29, 1.82) is 0 Å². The number of benzene rings is 1. The second-order valence-electron chi connectivity index (χ2n) is 6.62. The first-order valence-electron chi connectivity index (χ1n) is 7.09. The lowest BCUT2D eigenvalue weighted by Crippen LogP contribution is -2.65. The van der Waals surface area contributed by atoms with E-state index in [1.54, 1.807) is 36.1 Å². The summed E-state index contributed by atoms with van der Waals surface area (Å²) < 4.78 is 0. The average molecular weight is 290 g/mol. The third-order valence-corrected chi connectivity index (χ3v) is 3.82. The maximum atomic E-state index is 12.7. The average Bonchev–Trinajstić information content (AvgIpc) is 2.40. The van der Waals surface area contributed by atoms with Crippen LogP contribution in [0.2, 0.25) is 0 Å². The lowest BCUT2D eigenvalue weighted by Gasteiger charge is -2.42. The van der Waals surface area contributed by atoms with Crippen LogP contribution < -0.4 is 5.32 Å². The first-order chi connectivity index (χ1) is 9.70. The van der Waals surface area contributed by atoms with Gasteiger partial charge in [-0.2, -0.15) is 0 Å². The Bertz CT molecular complexity index is 546. The largest absolute Gasteiger partial charge is 0.508 e. The fourth-order valence-electron chi connectivity index (χ4n) is 2.42. The van der Waals surface area contributed by atoms with Crippen molar-refractivity contribution < 1.29 is 14.7 Å². The minimum absolute atomic E-state index is 0.0670. The van der Waals surface area contributed by atoms with E-state index in [1.807, 2.05) is 20.8 Å². The molecule has 5 heteroatoms. The van der Waals surface area contributed by atoms with Crippen LogP contribution >= 0.6 is 0 Å². The number of hydrogen-bond donors (Lipinski definition) is 2. The molecular formula is C16H22N2O3. The van der Waals surface area contributed by atoms with Gasteiger partial charge < -0.3 is 15.3 Å². The van der Waals surface area contributed by atoms with E-state index < -0.39 is 12.1 Å². The SMILES string of the molecule is CC1C(=O)NC(C(C)(C)C)C(=O)N1Cc1ccc(O)cc1. The van der Waals surface area contributed by atoms with E-state index in [0.29, 0.717) is 6.54 Å². The fourth-order valence-corrected chi connectivity index (χ4v) is 2.42. The quantitative estimate of drug-likeness (QED) is 0.870. The highest BCUT2D eigenvalue weighted by Gasteiger charge is 2.43. The number of carbonyl (C=O) groups excluding carboxylic acids is 2. The number of carbonyl (C=O) groups is 2. The number of phenolic OH excluding ortho intramolecular Hbond substituents is 1. The van der Waals surface area contributed by atoms with E-state index in [2.05, 4.69) is 5.32 Å². The lowest BCUT2D eigenvalue weighted by molar-refractivity contribution is -0.152. The minimum atomic E-state index is -0.515. The first-order valence-corrected chi connectivity index (χ1v) is 7.09. The molecule has 1 saturated heterocycles. The molecule has 0 aliphatic carbocycles. The van der Waals surface area contributed by atoms with E-state index in [1.165, 1.54) is 0 Å². The summed E-state index contributed by atoms with van der Waals surface area (Å²) in [5, 5.41) is 12.1. The van der Waals surface area contributed by atoms with Gasteiger partial charge in [-0.3, -0.25) is 9.59 Å². The molecule has 1 heterocycles. The molecule has 0 radical (unpaired) electrons. The van der Waals surface area contributed by atoms with E-state index in [4.69, 9.17) is 0 Å². The van der Waals surface area contributed by atoms with Crippen molar-refractivity contribution in [3.05, 3.63) is 29.8 Å².